The van der Waals surface area contributed by atoms with E-state index >= 15 is 0 Å². The summed E-state index contributed by atoms with van der Waals surface area (Å²) in [6, 6.07) is 0. The average molecular weight is 278 g/mol. The lowest BCUT2D eigenvalue weighted by Gasteiger charge is -2.29. The second-order valence-corrected chi connectivity index (χ2v) is 5.53. The number of halogens is 1. The Kier molecular flexibility index (Phi) is 2.47. The first kappa shape index (κ1) is 9.00. The van der Waals surface area contributed by atoms with Crippen molar-refractivity contribution in [2.45, 2.75) is 29.3 Å². The maximum Gasteiger partial charge on any atom is 0.0581 e. The molecule has 0 aromatic rings. The fourth-order valence-electron chi connectivity index (χ4n) is 2.87. The van der Waals surface area contributed by atoms with Gasteiger partial charge in [-0.15, -0.1) is 6.58 Å². The summed E-state index contributed by atoms with van der Waals surface area (Å²) < 4.78 is 0.689. The Bertz CT molecular complexity index is 190. The molecule has 2 saturated carbocycles. The number of fused-ring (bicyclic) bond motifs is 2. The monoisotopic (exact) mass is 278 g/mol. The lowest BCUT2D eigenvalue weighted by Crippen LogP contribution is -2.31. The molecule has 0 unspecified atom stereocenters. The third-order valence-corrected chi connectivity index (χ3v) is 5.32. The molecule has 2 aliphatic carbocycles. The Labute approximate surface area is 87.4 Å². The van der Waals surface area contributed by atoms with Crippen molar-refractivity contribution in [3.05, 3.63) is 12.7 Å². The van der Waals surface area contributed by atoms with Crippen molar-refractivity contribution < 1.29 is 5.11 Å². The van der Waals surface area contributed by atoms with E-state index in [9.17, 15) is 5.11 Å². The predicted octanol–water partition coefficient (Wildman–Crippen LogP) is 2.38. The average Bonchev–Trinajstić information content (AvgIpc) is 2.51. The molecule has 0 radical (unpaired) electrons. The molecule has 1 N–H and O–H groups in total. The molecule has 2 aliphatic rings. The Morgan fingerprint density at radius 1 is 1.50 bits per heavy atom. The van der Waals surface area contributed by atoms with Crippen LogP contribution in [0, 0.1) is 17.8 Å². The molecular weight excluding hydrogens is 263 g/mol. The Hall–Kier alpha value is 0.430. The standard InChI is InChI=1S/C10H15IO/c1-2-3-7-6-4-8(10(7)11)9(12)5-6/h2,6-10,12H,1,3-5H2/t6-,7+,8+,9-,10-/m1/s1. The fraction of sp³-hybridized carbons (Fsp3) is 0.800. The maximum absolute atomic E-state index is 9.65. The summed E-state index contributed by atoms with van der Waals surface area (Å²) in [6.45, 7) is 3.80. The highest BCUT2D eigenvalue weighted by molar-refractivity contribution is 14.1. The molecule has 1 nitrogen and oxygen atoms in total. The van der Waals surface area contributed by atoms with Crippen LogP contribution in [-0.2, 0) is 0 Å². The summed E-state index contributed by atoms with van der Waals surface area (Å²) in [4.78, 5) is 0. The van der Waals surface area contributed by atoms with Gasteiger partial charge >= 0.3 is 0 Å². The number of hydrogen-bond donors (Lipinski definition) is 1. The molecule has 5 atom stereocenters. The first-order chi connectivity index (χ1) is 5.74. The fourth-order valence-corrected chi connectivity index (χ4v) is 4.53. The van der Waals surface area contributed by atoms with Gasteiger partial charge in [0.1, 0.15) is 0 Å². The summed E-state index contributed by atoms with van der Waals surface area (Å²) in [5.74, 6) is 2.17. The molecule has 12 heavy (non-hydrogen) atoms. The molecule has 0 heterocycles. The van der Waals surface area contributed by atoms with Crippen LogP contribution in [0.1, 0.15) is 19.3 Å². The molecule has 2 heteroatoms. The SMILES string of the molecule is C=CC[C@H]1[C@@H]2C[C@H]([C@@H]1I)[C@H](O)C2. The molecule has 68 valence electrons. The van der Waals surface area contributed by atoms with Gasteiger partial charge in [-0.1, -0.05) is 28.7 Å². The molecule has 0 amide bonds. The molecule has 0 spiro atoms. The van der Waals surface area contributed by atoms with Crippen molar-refractivity contribution in [1.29, 1.82) is 0 Å². The maximum atomic E-state index is 9.65. The van der Waals surface area contributed by atoms with Crippen molar-refractivity contribution in [2.24, 2.45) is 17.8 Å². The normalized spacial score (nSPS) is 51.3. The van der Waals surface area contributed by atoms with E-state index in [2.05, 4.69) is 29.2 Å². The zero-order chi connectivity index (χ0) is 8.72. The van der Waals surface area contributed by atoms with Crippen LogP contribution in [0.3, 0.4) is 0 Å². The molecule has 0 aromatic carbocycles. The molecule has 2 bridgehead atoms. The van der Waals surface area contributed by atoms with Crippen LogP contribution in [0.5, 0.6) is 0 Å². The zero-order valence-corrected chi connectivity index (χ0v) is 9.28. The second-order valence-electron chi connectivity index (χ2n) is 4.10. The van der Waals surface area contributed by atoms with Crippen molar-refractivity contribution in [3.8, 4) is 0 Å². The topological polar surface area (TPSA) is 20.2 Å². The predicted molar refractivity (Wildman–Crippen MR) is 58.3 cm³/mol. The summed E-state index contributed by atoms with van der Waals surface area (Å²) in [5.41, 5.74) is 0. The number of rotatable bonds is 2. The summed E-state index contributed by atoms with van der Waals surface area (Å²) in [6.07, 6.45) is 5.47. The highest BCUT2D eigenvalue weighted by atomic mass is 127. The van der Waals surface area contributed by atoms with Crippen molar-refractivity contribution in [1.82, 2.24) is 0 Å². The second kappa shape index (κ2) is 3.29. The van der Waals surface area contributed by atoms with Crippen LogP contribution < -0.4 is 0 Å². The van der Waals surface area contributed by atoms with Gasteiger partial charge in [0, 0.05) is 3.92 Å². The van der Waals surface area contributed by atoms with Gasteiger partial charge in [0.25, 0.3) is 0 Å². The van der Waals surface area contributed by atoms with Crippen LogP contribution in [0.15, 0.2) is 12.7 Å². The van der Waals surface area contributed by atoms with E-state index in [1.165, 1.54) is 6.42 Å². The van der Waals surface area contributed by atoms with Crippen molar-refractivity contribution in [2.75, 3.05) is 0 Å². The quantitative estimate of drug-likeness (QED) is 0.467. The van der Waals surface area contributed by atoms with Gasteiger partial charge in [-0.05, 0) is 37.0 Å². The molecule has 0 aliphatic heterocycles. The summed E-state index contributed by atoms with van der Waals surface area (Å²) in [7, 11) is 0. The van der Waals surface area contributed by atoms with Gasteiger partial charge in [-0.25, -0.2) is 0 Å². The van der Waals surface area contributed by atoms with E-state index in [4.69, 9.17) is 0 Å². The molecule has 0 aromatic heterocycles. The van der Waals surface area contributed by atoms with Gasteiger partial charge < -0.3 is 5.11 Å². The number of allylic oxidation sites excluding steroid dienone is 1. The largest absolute Gasteiger partial charge is 0.393 e. The summed E-state index contributed by atoms with van der Waals surface area (Å²) >= 11 is 2.52. The minimum absolute atomic E-state index is 0.00188. The lowest BCUT2D eigenvalue weighted by atomic mass is 9.85. The third-order valence-electron chi connectivity index (χ3n) is 3.48. The lowest BCUT2D eigenvalue weighted by molar-refractivity contribution is 0.103. The minimum atomic E-state index is -0.00188. The molecule has 2 rings (SSSR count). The molecular formula is C10H15IO. The van der Waals surface area contributed by atoms with Crippen LogP contribution in [-0.4, -0.2) is 15.1 Å². The zero-order valence-electron chi connectivity index (χ0n) is 7.12. The summed E-state index contributed by atoms with van der Waals surface area (Å²) in [5, 5.41) is 9.65. The highest BCUT2D eigenvalue weighted by Gasteiger charge is 2.50. The van der Waals surface area contributed by atoms with E-state index in [1.54, 1.807) is 0 Å². The minimum Gasteiger partial charge on any atom is -0.393 e. The van der Waals surface area contributed by atoms with E-state index in [-0.39, 0.29) is 6.10 Å². The first-order valence-electron chi connectivity index (χ1n) is 4.67. The van der Waals surface area contributed by atoms with Gasteiger partial charge in [0.2, 0.25) is 0 Å². The first-order valence-corrected chi connectivity index (χ1v) is 5.91. The van der Waals surface area contributed by atoms with Crippen LogP contribution in [0.4, 0.5) is 0 Å². The van der Waals surface area contributed by atoms with Gasteiger partial charge in [0.05, 0.1) is 6.10 Å². The number of hydrogen-bond acceptors (Lipinski definition) is 1. The highest BCUT2D eigenvalue weighted by Crippen LogP contribution is 2.53. The number of aliphatic hydroxyl groups is 1. The van der Waals surface area contributed by atoms with Crippen molar-refractivity contribution >= 4 is 22.6 Å². The van der Waals surface area contributed by atoms with Crippen LogP contribution in [0.25, 0.3) is 0 Å². The smallest absolute Gasteiger partial charge is 0.0581 e. The van der Waals surface area contributed by atoms with Gasteiger partial charge in [-0.2, -0.15) is 0 Å². The van der Waals surface area contributed by atoms with E-state index in [0.717, 1.165) is 24.7 Å². The van der Waals surface area contributed by atoms with E-state index in [0.29, 0.717) is 9.84 Å². The Balaban J connectivity index is 2.07. The van der Waals surface area contributed by atoms with E-state index < -0.39 is 0 Å². The molecule has 0 saturated heterocycles. The van der Waals surface area contributed by atoms with Crippen LogP contribution >= 0.6 is 22.6 Å². The van der Waals surface area contributed by atoms with Crippen molar-refractivity contribution in [3.63, 3.8) is 0 Å². The van der Waals surface area contributed by atoms with Gasteiger partial charge in [-0.3, -0.25) is 0 Å². The van der Waals surface area contributed by atoms with Crippen LogP contribution in [0.2, 0.25) is 0 Å². The number of alkyl halides is 1. The Morgan fingerprint density at radius 3 is 2.75 bits per heavy atom. The van der Waals surface area contributed by atoms with Gasteiger partial charge in [0.15, 0.2) is 0 Å². The van der Waals surface area contributed by atoms with E-state index in [1.807, 2.05) is 6.08 Å². The Morgan fingerprint density at radius 2 is 2.25 bits per heavy atom. The third kappa shape index (κ3) is 1.23. The number of aliphatic hydroxyl groups excluding tert-OH is 1. The molecule has 2 fully saturated rings.